The predicted molar refractivity (Wildman–Crippen MR) is 42.5 cm³/mol. The van der Waals surface area contributed by atoms with Gasteiger partial charge in [-0.05, 0) is 6.08 Å². The maximum atomic E-state index is 9.30. The van der Waals surface area contributed by atoms with Crippen molar-refractivity contribution >= 4 is 0 Å². The normalized spacial score (nSPS) is 28.8. The monoisotopic (exact) mass is 166 g/mol. The van der Waals surface area contributed by atoms with Crippen LogP contribution in [0.3, 0.4) is 0 Å². The molecule has 0 bridgehead atoms. The quantitative estimate of drug-likeness (QED) is 0.478. The van der Waals surface area contributed by atoms with Crippen molar-refractivity contribution in [2.45, 2.75) is 6.10 Å². The molecule has 0 spiro atoms. The second-order valence-corrected chi connectivity index (χ2v) is 2.62. The molecule has 0 heterocycles. The van der Waals surface area contributed by atoms with Gasteiger partial charge in [0.25, 0.3) is 0 Å². The van der Waals surface area contributed by atoms with Crippen LogP contribution in [0.2, 0.25) is 0 Å². The summed E-state index contributed by atoms with van der Waals surface area (Å²) >= 11 is 0. The van der Waals surface area contributed by atoms with Crippen molar-refractivity contribution in [3.63, 3.8) is 0 Å². The van der Waals surface area contributed by atoms with Crippen LogP contribution in [0.15, 0.2) is 23.4 Å². The lowest BCUT2D eigenvalue weighted by Gasteiger charge is -2.21. The Labute approximate surface area is 70.2 Å². The van der Waals surface area contributed by atoms with Crippen LogP contribution in [-0.2, 0) is 0 Å². The molecule has 0 radical (unpaired) electrons. The Hall–Kier alpha value is -1.31. The van der Waals surface area contributed by atoms with Crippen molar-refractivity contribution in [2.75, 3.05) is 6.61 Å². The van der Waals surface area contributed by atoms with Gasteiger partial charge in [0.05, 0.1) is 24.4 Å². The summed E-state index contributed by atoms with van der Waals surface area (Å²) in [5, 5.41) is 26.8. The fraction of sp³-hybridized carbons (Fsp3) is 0.375. The van der Waals surface area contributed by atoms with Crippen molar-refractivity contribution in [2.24, 2.45) is 11.7 Å². The number of hydrogen-bond acceptors (Lipinski definition) is 4. The van der Waals surface area contributed by atoms with Crippen LogP contribution >= 0.6 is 0 Å². The summed E-state index contributed by atoms with van der Waals surface area (Å²) in [4.78, 5) is 0. The van der Waals surface area contributed by atoms with Gasteiger partial charge in [-0.2, -0.15) is 5.26 Å². The molecule has 0 amide bonds. The lowest BCUT2D eigenvalue weighted by Crippen LogP contribution is -2.28. The van der Waals surface area contributed by atoms with Crippen molar-refractivity contribution in [3.8, 4) is 6.07 Å². The van der Waals surface area contributed by atoms with Crippen LogP contribution in [0.4, 0.5) is 0 Å². The number of aliphatic hydroxyl groups excluding tert-OH is 2. The highest BCUT2D eigenvalue weighted by Crippen LogP contribution is 2.22. The molecule has 1 rings (SSSR count). The molecule has 1 aliphatic rings. The maximum absolute atomic E-state index is 9.30. The molecule has 0 aliphatic heterocycles. The molecular weight excluding hydrogens is 156 g/mol. The number of nitrogens with zero attached hydrogens (tertiary/aromatic N) is 1. The molecule has 12 heavy (non-hydrogen) atoms. The Morgan fingerprint density at radius 1 is 1.67 bits per heavy atom. The molecule has 0 fully saturated rings. The summed E-state index contributed by atoms with van der Waals surface area (Å²) in [6.45, 7) is -0.269. The zero-order chi connectivity index (χ0) is 9.14. The van der Waals surface area contributed by atoms with E-state index in [1.165, 1.54) is 12.2 Å². The minimum atomic E-state index is -0.808. The number of nitrogens with two attached hydrogens (primary N) is 1. The molecular formula is C8H10N2O2. The second kappa shape index (κ2) is 3.39. The third-order valence-corrected chi connectivity index (χ3v) is 1.88. The van der Waals surface area contributed by atoms with Gasteiger partial charge in [0, 0.05) is 11.6 Å². The van der Waals surface area contributed by atoms with E-state index >= 15 is 0 Å². The van der Waals surface area contributed by atoms with Crippen LogP contribution in [0.25, 0.3) is 0 Å². The lowest BCUT2D eigenvalue weighted by molar-refractivity contribution is 0.121. The van der Waals surface area contributed by atoms with Crippen molar-refractivity contribution in [3.05, 3.63) is 23.4 Å². The van der Waals surface area contributed by atoms with E-state index in [1.807, 2.05) is 6.07 Å². The molecule has 2 atom stereocenters. The summed E-state index contributed by atoms with van der Waals surface area (Å²) in [6.07, 6.45) is 2.14. The Morgan fingerprint density at radius 2 is 2.33 bits per heavy atom. The zero-order valence-electron chi connectivity index (χ0n) is 6.44. The summed E-state index contributed by atoms with van der Waals surface area (Å²) in [6, 6.07) is 1.87. The maximum Gasteiger partial charge on any atom is 0.0973 e. The van der Waals surface area contributed by atoms with E-state index < -0.39 is 12.0 Å². The number of nitriles is 1. The largest absolute Gasteiger partial charge is 0.398 e. The smallest absolute Gasteiger partial charge is 0.0973 e. The third kappa shape index (κ3) is 1.33. The molecule has 0 unspecified atom stereocenters. The van der Waals surface area contributed by atoms with Crippen LogP contribution in [0.1, 0.15) is 0 Å². The Balaban J connectivity index is 3.01. The van der Waals surface area contributed by atoms with Crippen molar-refractivity contribution in [1.29, 1.82) is 5.26 Å². The second-order valence-electron chi connectivity index (χ2n) is 2.62. The standard InChI is InChI=1S/C8H10N2O2/c9-3-5-6(4-11)8(12)2-1-7(5)10/h1-2,6,8,11-12H,4,10H2/t6-,8+/m1/s1. The van der Waals surface area contributed by atoms with Crippen LogP contribution < -0.4 is 5.73 Å². The highest BCUT2D eigenvalue weighted by molar-refractivity contribution is 5.39. The summed E-state index contributed by atoms with van der Waals surface area (Å²) < 4.78 is 0. The highest BCUT2D eigenvalue weighted by Gasteiger charge is 2.25. The number of aliphatic hydroxyl groups is 2. The molecule has 4 nitrogen and oxygen atoms in total. The molecule has 0 saturated carbocycles. The predicted octanol–water partition coefficient (Wildman–Crippen LogP) is -0.738. The van der Waals surface area contributed by atoms with E-state index in [9.17, 15) is 5.11 Å². The van der Waals surface area contributed by atoms with Crippen molar-refractivity contribution in [1.82, 2.24) is 0 Å². The average molecular weight is 166 g/mol. The SMILES string of the molecule is N#CC1=C(N)C=C[C@H](O)[C@@H]1CO. The number of rotatable bonds is 1. The molecule has 4 heteroatoms. The van der Waals surface area contributed by atoms with Crippen LogP contribution in [0, 0.1) is 17.2 Å². The topological polar surface area (TPSA) is 90.3 Å². The van der Waals surface area contributed by atoms with E-state index in [-0.39, 0.29) is 12.2 Å². The number of allylic oxidation sites excluding steroid dienone is 1. The first-order valence-electron chi connectivity index (χ1n) is 3.57. The Bertz CT molecular complexity index is 275. The van der Waals surface area contributed by atoms with Crippen molar-refractivity contribution < 1.29 is 10.2 Å². The van der Waals surface area contributed by atoms with Gasteiger partial charge < -0.3 is 15.9 Å². The summed E-state index contributed by atoms with van der Waals surface area (Å²) in [7, 11) is 0. The fourth-order valence-corrected chi connectivity index (χ4v) is 1.16. The van der Waals surface area contributed by atoms with Crippen LogP contribution in [-0.4, -0.2) is 22.9 Å². The molecule has 1 aliphatic carbocycles. The summed E-state index contributed by atoms with van der Waals surface area (Å²) in [5.74, 6) is -0.569. The van der Waals surface area contributed by atoms with Gasteiger partial charge >= 0.3 is 0 Å². The molecule has 0 aromatic heterocycles. The minimum absolute atomic E-state index is 0.257. The van der Waals surface area contributed by atoms with E-state index in [0.717, 1.165) is 0 Å². The number of hydrogen-bond donors (Lipinski definition) is 3. The van der Waals surface area contributed by atoms with E-state index in [1.54, 1.807) is 0 Å². The molecule has 4 N–H and O–H groups in total. The first-order chi connectivity index (χ1) is 5.70. The van der Waals surface area contributed by atoms with E-state index in [4.69, 9.17) is 16.1 Å². The Morgan fingerprint density at radius 3 is 2.75 bits per heavy atom. The van der Waals surface area contributed by atoms with E-state index in [0.29, 0.717) is 5.70 Å². The molecule has 64 valence electrons. The summed E-state index contributed by atoms with van der Waals surface area (Å²) in [5.41, 5.74) is 6.04. The first-order valence-corrected chi connectivity index (χ1v) is 3.57. The van der Waals surface area contributed by atoms with Gasteiger partial charge in [-0.15, -0.1) is 0 Å². The molecule has 0 aromatic rings. The van der Waals surface area contributed by atoms with Gasteiger partial charge in [-0.1, -0.05) is 6.08 Å². The van der Waals surface area contributed by atoms with Gasteiger partial charge in [0.2, 0.25) is 0 Å². The van der Waals surface area contributed by atoms with Gasteiger partial charge in [-0.3, -0.25) is 0 Å². The highest BCUT2D eigenvalue weighted by atomic mass is 16.3. The van der Waals surface area contributed by atoms with Gasteiger partial charge in [0.15, 0.2) is 0 Å². The zero-order valence-corrected chi connectivity index (χ0v) is 6.44. The van der Waals surface area contributed by atoms with Gasteiger partial charge in [0.1, 0.15) is 0 Å². The third-order valence-electron chi connectivity index (χ3n) is 1.88. The lowest BCUT2D eigenvalue weighted by atomic mass is 9.89. The molecule has 0 aromatic carbocycles. The van der Waals surface area contributed by atoms with Gasteiger partial charge in [-0.25, -0.2) is 0 Å². The fourth-order valence-electron chi connectivity index (χ4n) is 1.16. The first kappa shape index (κ1) is 8.78. The molecule has 0 saturated heterocycles. The average Bonchev–Trinajstić information content (AvgIpc) is 2.08. The minimum Gasteiger partial charge on any atom is -0.398 e. The van der Waals surface area contributed by atoms with Crippen LogP contribution in [0.5, 0.6) is 0 Å². The van der Waals surface area contributed by atoms with E-state index in [2.05, 4.69) is 0 Å². The Kier molecular flexibility index (Phi) is 2.48.